The van der Waals surface area contributed by atoms with Gasteiger partial charge in [0.15, 0.2) is 0 Å². The summed E-state index contributed by atoms with van der Waals surface area (Å²) in [4.78, 5) is 16.1. The van der Waals surface area contributed by atoms with Gasteiger partial charge in [-0.1, -0.05) is 48.6 Å². The summed E-state index contributed by atoms with van der Waals surface area (Å²) in [6, 6.07) is 26.7. The Balaban J connectivity index is 1.39. The lowest BCUT2D eigenvalue weighted by Gasteiger charge is -2.46. The summed E-state index contributed by atoms with van der Waals surface area (Å²) >= 11 is 0. The Labute approximate surface area is 341 Å². The molecule has 0 spiro atoms. The van der Waals surface area contributed by atoms with Crippen molar-refractivity contribution in [2.45, 2.75) is 77.5 Å². The first-order chi connectivity index (χ1) is 27.6. The number of hydrogen-bond donors (Lipinski definition) is 0. The summed E-state index contributed by atoms with van der Waals surface area (Å²) in [5.74, 6) is 3.46. The van der Waals surface area contributed by atoms with Crippen LogP contribution in [0.5, 0.6) is 17.2 Å². The van der Waals surface area contributed by atoms with Crippen LogP contribution in [0.1, 0.15) is 76.5 Å². The number of amides is 1. The summed E-state index contributed by atoms with van der Waals surface area (Å²) in [6.45, 7) is 10.8. The minimum absolute atomic E-state index is 0.0693. The van der Waals surface area contributed by atoms with Gasteiger partial charge in [0.2, 0.25) is 5.91 Å². The van der Waals surface area contributed by atoms with Crippen LogP contribution in [0.25, 0.3) is 0 Å². The largest absolute Gasteiger partial charge is 0.497 e. The zero-order valence-corrected chi connectivity index (χ0v) is 35.6. The predicted molar refractivity (Wildman–Crippen MR) is 223 cm³/mol. The zero-order valence-electron chi connectivity index (χ0n) is 34.7. The highest BCUT2D eigenvalue weighted by Crippen LogP contribution is 2.51. The average molecular weight is 798 g/mol. The van der Waals surface area contributed by atoms with Gasteiger partial charge in [-0.25, -0.2) is 4.67 Å². The highest BCUT2D eigenvalue weighted by Gasteiger charge is 2.47. The Morgan fingerprint density at radius 3 is 1.70 bits per heavy atom. The molecule has 57 heavy (non-hydrogen) atoms. The third-order valence-electron chi connectivity index (χ3n) is 12.0. The van der Waals surface area contributed by atoms with Gasteiger partial charge in [0.1, 0.15) is 22.8 Å². The number of fused-ring (bicyclic) bond motifs is 2. The van der Waals surface area contributed by atoms with Crippen LogP contribution in [0.15, 0.2) is 84.9 Å². The van der Waals surface area contributed by atoms with Crippen LogP contribution in [0, 0.1) is 34.5 Å². The van der Waals surface area contributed by atoms with E-state index < -0.39 is 19.5 Å². The van der Waals surface area contributed by atoms with Crippen LogP contribution in [-0.2, 0) is 24.2 Å². The van der Waals surface area contributed by atoms with Gasteiger partial charge in [-0.05, 0) is 118 Å². The van der Waals surface area contributed by atoms with Crippen molar-refractivity contribution in [1.82, 2.24) is 9.57 Å². The maximum atomic E-state index is 14.0. The molecule has 10 nitrogen and oxygen atoms in total. The molecule has 1 heterocycles. The molecule has 2 aliphatic carbocycles. The molecular weight excluding hydrogens is 737 g/mol. The number of nitrogens with zero attached hydrogens (tertiary/aromatic N) is 3. The molecule has 0 radical (unpaired) electrons. The van der Waals surface area contributed by atoms with E-state index in [4.69, 9.17) is 28.0 Å². The normalized spacial score (nSPS) is 20.6. The molecule has 4 unspecified atom stereocenters. The molecule has 2 bridgehead atoms. The van der Waals surface area contributed by atoms with E-state index >= 15 is 0 Å². The van der Waals surface area contributed by atoms with E-state index in [-0.39, 0.29) is 36.9 Å². The number of hydrogen-bond acceptors (Lipinski definition) is 9. The fourth-order valence-corrected chi connectivity index (χ4v) is 10.6. The smallest absolute Gasteiger partial charge is 0.259 e. The molecule has 306 valence electrons. The number of methoxy groups -OCH3 is 3. The van der Waals surface area contributed by atoms with Gasteiger partial charge in [0.25, 0.3) is 8.53 Å². The fourth-order valence-electron chi connectivity index (χ4n) is 8.83. The minimum atomic E-state index is -1.50. The zero-order chi connectivity index (χ0) is 40.6. The summed E-state index contributed by atoms with van der Waals surface area (Å²) in [5, 5.41) is 9.36. The number of allylic oxidation sites excluding steroid dienone is 2. The van der Waals surface area contributed by atoms with Crippen LogP contribution in [0.3, 0.4) is 0 Å². The lowest BCUT2D eigenvalue weighted by molar-refractivity contribution is -0.141. The second-order valence-electron chi connectivity index (χ2n) is 16.2. The SMILES string of the molecule is COc1ccc(C(OCC2(COP(OCCC#N)N(C(C)C)C(C)C)CCN(C(=O)C3CC4C=CC3C4)CC2)(c2ccc(OC)cc2)c2ccc(OC)cc2)cc1. The highest BCUT2D eigenvalue weighted by molar-refractivity contribution is 7.44. The average Bonchev–Trinajstić information content (AvgIpc) is 3.88. The molecule has 1 saturated heterocycles. The van der Waals surface area contributed by atoms with Crippen LogP contribution in [0.2, 0.25) is 0 Å². The summed E-state index contributed by atoms with van der Waals surface area (Å²) in [6.07, 6.45) is 8.27. The van der Waals surface area contributed by atoms with Gasteiger partial charge >= 0.3 is 0 Å². The van der Waals surface area contributed by atoms with Gasteiger partial charge in [-0.3, -0.25) is 4.79 Å². The maximum Gasteiger partial charge on any atom is 0.259 e. The van der Waals surface area contributed by atoms with Gasteiger partial charge < -0.3 is 32.9 Å². The van der Waals surface area contributed by atoms with E-state index in [9.17, 15) is 10.1 Å². The summed E-state index contributed by atoms with van der Waals surface area (Å²) in [7, 11) is 3.50. The van der Waals surface area contributed by atoms with E-state index in [0.717, 1.165) is 46.8 Å². The molecule has 2 fully saturated rings. The topological polar surface area (TPSA) is 103 Å². The van der Waals surface area contributed by atoms with Gasteiger partial charge in [-0.2, -0.15) is 5.26 Å². The number of carbonyl (C=O) groups excluding carboxylic acids is 1. The number of ether oxygens (including phenoxy) is 4. The molecule has 0 aromatic heterocycles. The second kappa shape index (κ2) is 19.2. The van der Waals surface area contributed by atoms with Crippen LogP contribution in [0.4, 0.5) is 0 Å². The summed E-state index contributed by atoms with van der Waals surface area (Å²) in [5.41, 5.74) is 1.26. The number of nitriles is 1. The summed E-state index contributed by atoms with van der Waals surface area (Å²) < 4.78 is 39.9. The highest BCUT2D eigenvalue weighted by atomic mass is 31.2. The Hall–Kier alpha value is -3.97. The van der Waals surface area contributed by atoms with E-state index in [1.165, 1.54) is 0 Å². The monoisotopic (exact) mass is 797 g/mol. The molecule has 3 aliphatic rings. The van der Waals surface area contributed by atoms with Gasteiger partial charge in [0.05, 0.1) is 53.6 Å². The van der Waals surface area contributed by atoms with Gasteiger partial charge in [0, 0.05) is 36.5 Å². The minimum Gasteiger partial charge on any atom is -0.497 e. The van der Waals surface area contributed by atoms with Crippen molar-refractivity contribution in [2.24, 2.45) is 23.2 Å². The molecule has 3 aromatic rings. The molecule has 0 N–H and O–H groups in total. The lowest BCUT2D eigenvalue weighted by atomic mass is 9.77. The van der Waals surface area contributed by atoms with Crippen molar-refractivity contribution in [1.29, 1.82) is 5.26 Å². The Kier molecular flexibility index (Phi) is 14.4. The van der Waals surface area contributed by atoms with E-state index in [2.05, 4.69) is 91.9 Å². The van der Waals surface area contributed by atoms with Crippen LogP contribution >= 0.6 is 8.53 Å². The standard InChI is InChI=1S/C46H60N3O7P/c1-33(2)49(34(3)4)57(55-28-8-25-47)56-32-45(23-26-48(27-24-45)44(50)43-30-35-9-10-36(43)29-35)31-54-46(37-11-17-40(51-5)18-12-37,38-13-19-41(52-6)20-14-38)39-15-21-42(53-7)22-16-39/h9-22,33-36,43H,8,23-24,26-32H2,1-7H3. The maximum absolute atomic E-state index is 14.0. The molecule has 3 aromatic carbocycles. The van der Waals surface area contributed by atoms with Crippen molar-refractivity contribution in [3.05, 3.63) is 102 Å². The number of carbonyl (C=O) groups is 1. The van der Waals surface area contributed by atoms with Crippen molar-refractivity contribution in [2.75, 3.05) is 54.2 Å². The third kappa shape index (κ3) is 9.51. The third-order valence-corrected chi connectivity index (χ3v) is 14.0. The number of benzene rings is 3. The van der Waals surface area contributed by atoms with Crippen LogP contribution in [-0.4, -0.2) is 81.8 Å². The molecule has 1 aliphatic heterocycles. The van der Waals surface area contributed by atoms with Crippen molar-refractivity contribution in [3.63, 3.8) is 0 Å². The van der Waals surface area contributed by atoms with E-state index in [0.29, 0.717) is 51.0 Å². The lowest BCUT2D eigenvalue weighted by Crippen LogP contribution is -2.50. The van der Waals surface area contributed by atoms with E-state index in [1.54, 1.807) is 21.3 Å². The first-order valence-corrected chi connectivity index (χ1v) is 21.4. The first-order valence-electron chi connectivity index (χ1n) is 20.3. The fraction of sp³-hybridized carbons (Fsp3) is 0.522. The molecule has 1 amide bonds. The van der Waals surface area contributed by atoms with Crippen molar-refractivity contribution < 1.29 is 32.8 Å². The predicted octanol–water partition coefficient (Wildman–Crippen LogP) is 9.13. The quantitative estimate of drug-likeness (QED) is 0.0509. The number of rotatable bonds is 19. The molecule has 4 atom stereocenters. The van der Waals surface area contributed by atoms with Crippen LogP contribution < -0.4 is 14.2 Å². The number of piperidine rings is 1. The Morgan fingerprint density at radius 2 is 1.30 bits per heavy atom. The molecule has 1 saturated carbocycles. The molecule has 11 heteroatoms. The Morgan fingerprint density at radius 1 is 0.789 bits per heavy atom. The van der Waals surface area contributed by atoms with Crippen molar-refractivity contribution >= 4 is 14.4 Å². The number of likely N-dealkylation sites (tertiary alicyclic amines) is 1. The molecule has 6 rings (SSSR count). The van der Waals surface area contributed by atoms with Crippen molar-refractivity contribution in [3.8, 4) is 23.3 Å². The van der Waals surface area contributed by atoms with Gasteiger partial charge in [-0.15, -0.1) is 0 Å². The Bertz CT molecular complexity index is 1690. The van der Waals surface area contributed by atoms with E-state index in [1.807, 2.05) is 36.4 Å². The first kappa shape index (κ1) is 42.6. The second-order valence-corrected chi connectivity index (χ2v) is 17.6. The molecular formula is C46H60N3O7P.